The van der Waals surface area contributed by atoms with Crippen LogP contribution in [0, 0.1) is 0 Å². The summed E-state index contributed by atoms with van der Waals surface area (Å²) in [6, 6.07) is 4.23. The highest BCUT2D eigenvalue weighted by atomic mass is 32.2. The van der Waals surface area contributed by atoms with Gasteiger partial charge in [0.15, 0.2) is 0 Å². The molecular formula is C11H15F3N2O3S. The number of halogens is 3. The number of likely N-dealkylation sites (N-methyl/N-ethyl adjacent to an activating group) is 1. The molecule has 0 bridgehead atoms. The zero-order valence-electron chi connectivity index (χ0n) is 10.7. The fraction of sp³-hybridized carbons (Fsp3) is 0.455. The van der Waals surface area contributed by atoms with E-state index in [1.165, 1.54) is 12.1 Å². The van der Waals surface area contributed by atoms with Crippen molar-refractivity contribution in [3.05, 3.63) is 24.3 Å². The molecule has 2 N–H and O–H groups in total. The van der Waals surface area contributed by atoms with Crippen LogP contribution in [0.5, 0.6) is 5.75 Å². The van der Waals surface area contributed by atoms with Crippen molar-refractivity contribution < 1.29 is 26.3 Å². The molecule has 0 aromatic heterocycles. The van der Waals surface area contributed by atoms with Gasteiger partial charge in [-0.05, 0) is 18.7 Å². The number of rotatable bonds is 7. The third kappa shape index (κ3) is 5.76. The van der Waals surface area contributed by atoms with Gasteiger partial charge in [0.1, 0.15) is 5.75 Å². The van der Waals surface area contributed by atoms with Crippen molar-refractivity contribution in [2.24, 2.45) is 0 Å². The van der Waals surface area contributed by atoms with Gasteiger partial charge in [-0.3, -0.25) is 0 Å². The lowest BCUT2D eigenvalue weighted by Gasteiger charge is -2.11. The number of hydrogen-bond acceptors (Lipinski definition) is 4. The second kappa shape index (κ2) is 6.91. The quantitative estimate of drug-likeness (QED) is 0.748. The summed E-state index contributed by atoms with van der Waals surface area (Å²) in [6.07, 6.45) is -4.86. The first-order chi connectivity index (χ1) is 9.24. The number of benzene rings is 1. The Kier molecular flexibility index (Phi) is 5.78. The van der Waals surface area contributed by atoms with Gasteiger partial charge >= 0.3 is 6.36 Å². The van der Waals surface area contributed by atoms with E-state index in [9.17, 15) is 21.6 Å². The fourth-order valence-electron chi connectivity index (χ4n) is 1.37. The zero-order valence-corrected chi connectivity index (χ0v) is 11.5. The van der Waals surface area contributed by atoms with E-state index in [0.717, 1.165) is 12.1 Å². The molecule has 1 aromatic carbocycles. The summed E-state index contributed by atoms with van der Waals surface area (Å²) in [7, 11) is -3.86. The number of sulfonamides is 1. The first-order valence-electron chi connectivity index (χ1n) is 5.81. The molecule has 0 aliphatic rings. The lowest BCUT2D eigenvalue weighted by molar-refractivity contribution is -0.274. The molecule has 0 radical (unpaired) electrons. The van der Waals surface area contributed by atoms with Gasteiger partial charge in [0.25, 0.3) is 0 Å². The maximum atomic E-state index is 12.1. The smallest absolute Gasteiger partial charge is 0.406 e. The van der Waals surface area contributed by atoms with Crippen molar-refractivity contribution in [1.82, 2.24) is 10.0 Å². The van der Waals surface area contributed by atoms with Crippen LogP contribution in [0.4, 0.5) is 13.2 Å². The van der Waals surface area contributed by atoms with Crippen molar-refractivity contribution >= 4 is 10.0 Å². The second-order valence-corrected chi connectivity index (χ2v) is 5.54. The molecule has 1 rings (SSSR count). The maximum Gasteiger partial charge on any atom is 0.573 e. The van der Waals surface area contributed by atoms with Crippen molar-refractivity contribution in [3.63, 3.8) is 0 Å². The van der Waals surface area contributed by atoms with Gasteiger partial charge in [-0.25, -0.2) is 13.1 Å². The van der Waals surface area contributed by atoms with Crippen LogP contribution in [0.2, 0.25) is 0 Å². The minimum Gasteiger partial charge on any atom is -0.406 e. The molecule has 0 saturated heterocycles. The molecule has 0 spiro atoms. The number of hydrogen-bond donors (Lipinski definition) is 2. The van der Waals surface area contributed by atoms with Crippen LogP contribution in [-0.4, -0.2) is 34.4 Å². The third-order valence-corrected chi connectivity index (χ3v) is 3.65. The average molecular weight is 312 g/mol. The van der Waals surface area contributed by atoms with Gasteiger partial charge in [-0.2, -0.15) is 0 Å². The van der Waals surface area contributed by atoms with E-state index >= 15 is 0 Å². The standard InChI is InChI=1S/C11H15F3N2O3S/c1-2-15-6-7-16-20(17,18)10-5-3-4-9(8-10)19-11(12,13)14/h3-5,8,15-16H,2,6-7H2,1H3. The highest BCUT2D eigenvalue weighted by molar-refractivity contribution is 7.89. The van der Waals surface area contributed by atoms with Gasteiger partial charge in [-0.15, -0.1) is 13.2 Å². The van der Waals surface area contributed by atoms with E-state index < -0.39 is 22.1 Å². The summed E-state index contributed by atoms with van der Waals surface area (Å²) >= 11 is 0. The maximum absolute atomic E-state index is 12.1. The average Bonchev–Trinajstić information content (AvgIpc) is 2.33. The van der Waals surface area contributed by atoms with Crippen molar-refractivity contribution in [3.8, 4) is 5.75 Å². The second-order valence-electron chi connectivity index (χ2n) is 3.77. The molecule has 0 heterocycles. The molecule has 0 aliphatic carbocycles. The van der Waals surface area contributed by atoms with Gasteiger partial charge in [0.05, 0.1) is 4.90 Å². The SMILES string of the molecule is CCNCCNS(=O)(=O)c1cccc(OC(F)(F)F)c1. The Balaban J connectivity index is 2.77. The fourth-order valence-corrected chi connectivity index (χ4v) is 2.44. The monoisotopic (exact) mass is 312 g/mol. The summed E-state index contributed by atoms with van der Waals surface area (Å²) in [6.45, 7) is 3.12. The van der Waals surface area contributed by atoms with Crippen LogP contribution < -0.4 is 14.8 Å². The van der Waals surface area contributed by atoms with Crippen molar-refractivity contribution in [2.75, 3.05) is 19.6 Å². The Hall–Kier alpha value is -1.32. The minimum atomic E-state index is -4.86. The highest BCUT2D eigenvalue weighted by Gasteiger charge is 2.31. The van der Waals surface area contributed by atoms with Crippen molar-refractivity contribution in [2.45, 2.75) is 18.2 Å². The summed E-state index contributed by atoms with van der Waals surface area (Å²) in [5, 5.41) is 2.91. The van der Waals surface area contributed by atoms with E-state index in [-0.39, 0.29) is 11.4 Å². The summed E-state index contributed by atoms with van der Waals surface area (Å²) in [5.41, 5.74) is 0. The highest BCUT2D eigenvalue weighted by Crippen LogP contribution is 2.24. The van der Waals surface area contributed by atoms with E-state index in [4.69, 9.17) is 0 Å². The van der Waals surface area contributed by atoms with Gasteiger partial charge < -0.3 is 10.1 Å². The Bertz CT molecular complexity index is 532. The molecule has 0 saturated carbocycles. The summed E-state index contributed by atoms with van der Waals surface area (Å²) < 4.78 is 65.8. The number of ether oxygens (including phenoxy) is 1. The first kappa shape index (κ1) is 16.7. The molecule has 0 amide bonds. The van der Waals surface area contributed by atoms with Gasteiger partial charge in [-0.1, -0.05) is 13.0 Å². The molecule has 0 unspecified atom stereocenters. The van der Waals surface area contributed by atoms with Crippen LogP contribution in [0.25, 0.3) is 0 Å². The van der Waals surface area contributed by atoms with Gasteiger partial charge in [0, 0.05) is 19.2 Å². The van der Waals surface area contributed by atoms with Crippen LogP contribution in [0.15, 0.2) is 29.2 Å². The molecular weight excluding hydrogens is 297 g/mol. The van der Waals surface area contributed by atoms with Crippen LogP contribution in [-0.2, 0) is 10.0 Å². The van der Waals surface area contributed by atoms with E-state index in [0.29, 0.717) is 13.1 Å². The lowest BCUT2D eigenvalue weighted by Crippen LogP contribution is -2.31. The Morgan fingerprint density at radius 1 is 1.25 bits per heavy atom. The molecule has 9 heteroatoms. The molecule has 1 aromatic rings. The zero-order chi connectivity index (χ0) is 15.2. The Morgan fingerprint density at radius 3 is 2.55 bits per heavy atom. The van der Waals surface area contributed by atoms with E-state index in [1.54, 1.807) is 0 Å². The largest absolute Gasteiger partial charge is 0.573 e. The normalized spacial score (nSPS) is 12.4. The summed E-state index contributed by atoms with van der Waals surface area (Å²) in [4.78, 5) is -0.282. The Labute approximate surface area is 115 Å². The summed E-state index contributed by atoms with van der Waals surface area (Å²) in [5.74, 6) is -0.577. The number of alkyl halides is 3. The first-order valence-corrected chi connectivity index (χ1v) is 7.29. The van der Waals surface area contributed by atoms with Gasteiger partial charge in [0.2, 0.25) is 10.0 Å². The topological polar surface area (TPSA) is 67.4 Å². The predicted molar refractivity (Wildman–Crippen MR) is 66.9 cm³/mol. The molecule has 20 heavy (non-hydrogen) atoms. The van der Waals surface area contributed by atoms with Crippen LogP contribution >= 0.6 is 0 Å². The molecule has 0 aliphatic heterocycles. The molecule has 0 fully saturated rings. The molecule has 114 valence electrons. The van der Waals surface area contributed by atoms with E-state index in [2.05, 4.69) is 14.8 Å². The Morgan fingerprint density at radius 2 is 1.95 bits per heavy atom. The lowest BCUT2D eigenvalue weighted by atomic mass is 10.3. The number of nitrogens with one attached hydrogen (secondary N) is 2. The molecule has 0 atom stereocenters. The predicted octanol–water partition coefficient (Wildman–Crippen LogP) is 1.47. The van der Waals surface area contributed by atoms with Crippen molar-refractivity contribution in [1.29, 1.82) is 0 Å². The minimum absolute atomic E-state index is 0.139. The molecule has 5 nitrogen and oxygen atoms in total. The van der Waals surface area contributed by atoms with E-state index in [1.807, 2.05) is 6.92 Å². The third-order valence-electron chi connectivity index (χ3n) is 2.19. The van der Waals surface area contributed by atoms with Crippen LogP contribution in [0.1, 0.15) is 6.92 Å². The van der Waals surface area contributed by atoms with Crippen LogP contribution in [0.3, 0.4) is 0 Å².